The zero-order valence-electron chi connectivity index (χ0n) is 14.3. The first-order chi connectivity index (χ1) is 14.1. The van der Waals surface area contributed by atoms with Crippen molar-refractivity contribution < 1.29 is 71.8 Å². The van der Waals surface area contributed by atoms with Gasteiger partial charge in [0.25, 0.3) is 5.41 Å². The smallest absolute Gasteiger partial charge is 0.414 e. The van der Waals surface area contributed by atoms with E-state index in [9.17, 15) is 71.8 Å². The topological polar surface area (TPSA) is 54.4 Å². The van der Waals surface area contributed by atoms with Crippen molar-refractivity contribution in [2.24, 2.45) is 5.41 Å². The van der Waals surface area contributed by atoms with Crippen molar-refractivity contribution in [3.8, 4) is 0 Å². The quantitative estimate of drug-likeness (QED) is 0.464. The van der Waals surface area contributed by atoms with E-state index in [-0.39, 0.29) is 12.1 Å². The van der Waals surface area contributed by atoms with Gasteiger partial charge in [0.2, 0.25) is 5.78 Å². The predicted molar refractivity (Wildman–Crippen MR) is 73.5 cm³/mol. The Morgan fingerprint density at radius 2 is 1.12 bits per heavy atom. The van der Waals surface area contributed by atoms with Gasteiger partial charge in [-0.1, -0.05) is 0 Å². The van der Waals surface area contributed by atoms with Gasteiger partial charge < -0.3 is 5.11 Å². The van der Waals surface area contributed by atoms with Crippen molar-refractivity contribution in [3.63, 3.8) is 0 Å². The Balaban J connectivity index is 2.42. The molecule has 0 aliphatic heterocycles. The fourth-order valence-electron chi connectivity index (χ4n) is 3.54. The molecule has 2 aliphatic rings. The average molecular weight is 490 g/mol. The Kier molecular flexibility index (Phi) is 4.43. The van der Waals surface area contributed by atoms with Crippen LogP contribution in [0, 0.1) is 17.0 Å². The lowest BCUT2D eigenvalue weighted by atomic mass is 9.72. The molecular formula is C16H3F13O3. The number of ketones is 2. The molecule has 1 saturated carbocycles. The van der Waals surface area contributed by atoms with Crippen LogP contribution >= 0.6 is 0 Å². The van der Waals surface area contributed by atoms with E-state index in [2.05, 4.69) is 0 Å². The summed E-state index contributed by atoms with van der Waals surface area (Å²) >= 11 is 0. The van der Waals surface area contributed by atoms with Gasteiger partial charge in [0.1, 0.15) is 11.3 Å². The van der Waals surface area contributed by atoms with Crippen LogP contribution in [0.25, 0.3) is 5.76 Å². The highest BCUT2D eigenvalue weighted by atomic mass is 19.4. The number of rotatable bonds is 2. The Morgan fingerprint density at radius 3 is 1.50 bits per heavy atom. The summed E-state index contributed by atoms with van der Waals surface area (Å²) < 4.78 is 178. The molecule has 16 heteroatoms. The number of aliphatic hydroxyl groups excluding tert-OH is 1. The van der Waals surface area contributed by atoms with Gasteiger partial charge in [-0.15, -0.1) is 0 Å². The SMILES string of the molecule is O=C1C(C(=O)C2(C(F)(F)F)C(F)(F)C(F)(F)C(F)(F)C2(F)F)=C(O)c2cc(F)c(F)cc21. The molecule has 3 rings (SSSR count). The number of fused-ring (bicyclic) bond motifs is 1. The minimum atomic E-state index is -7.57. The number of Topliss-reactive ketones (excluding diaryl/α,β-unsaturated/α-hetero) is 2. The van der Waals surface area contributed by atoms with Crippen molar-refractivity contribution in [2.75, 3.05) is 0 Å². The van der Waals surface area contributed by atoms with E-state index in [0.717, 1.165) is 0 Å². The summed E-state index contributed by atoms with van der Waals surface area (Å²) in [6, 6.07) is -0.343. The predicted octanol–water partition coefficient (Wildman–Crippen LogP) is 5.10. The zero-order valence-corrected chi connectivity index (χ0v) is 14.3. The maximum absolute atomic E-state index is 14.2. The Morgan fingerprint density at radius 1 is 0.750 bits per heavy atom. The van der Waals surface area contributed by atoms with E-state index in [0.29, 0.717) is 0 Å². The lowest BCUT2D eigenvalue weighted by Gasteiger charge is -2.38. The molecule has 0 bridgehead atoms. The maximum Gasteiger partial charge on any atom is 0.414 e. The number of halogens is 13. The number of hydrogen-bond donors (Lipinski definition) is 1. The number of benzene rings is 1. The third kappa shape index (κ3) is 2.15. The summed E-state index contributed by atoms with van der Waals surface area (Å²) in [6.45, 7) is 0. The molecule has 1 N–H and O–H groups in total. The van der Waals surface area contributed by atoms with E-state index in [1.807, 2.05) is 0 Å². The highest BCUT2D eigenvalue weighted by molar-refractivity contribution is 6.35. The van der Waals surface area contributed by atoms with Crippen LogP contribution in [0.3, 0.4) is 0 Å². The molecule has 0 aromatic heterocycles. The summed E-state index contributed by atoms with van der Waals surface area (Å²) in [4.78, 5) is 24.4. The van der Waals surface area contributed by atoms with Crippen LogP contribution in [0.5, 0.6) is 0 Å². The molecule has 3 nitrogen and oxygen atoms in total. The Bertz CT molecular complexity index is 1070. The van der Waals surface area contributed by atoms with Crippen LogP contribution in [0.4, 0.5) is 57.1 Å². The normalized spacial score (nSPS) is 24.6. The standard InChI is InChI=1S/C16H3F13O3/c17-5-1-3-4(2-6(5)18)9(31)7(8(3)30)10(32)11(16(27,28)29)12(19,20)14(23,24)15(25,26)13(11,21)22/h1-2,30H. The number of aliphatic hydroxyl groups is 1. The van der Waals surface area contributed by atoms with Gasteiger partial charge in [-0.3, -0.25) is 9.59 Å². The van der Waals surface area contributed by atoms with E-state index in [1.165, 1.54) is 0 Å². The van der Waals surface area contributed by atoms with Gasteiger partial charge in [0.05, 0.1) is 0 Å². The van der Waals surface area contributed by atoms with Crippen molar-refractivity contribution in [2.45, 2.75) is 29.9 Å². The van der Waals surface area contributed by atoms with Gasteiger partial charge in [-0.05, 0) is 12.1 Å². The molecule has 32 heavy (non-hydrogen) atoms. The molecule has 0 atom stereocenters. The summed E-state index contributed by atoms with van der Waals surface area (Å²) in [6.07, 6.45) is -7.57. The number of alkyl halides is 11. The van der Waals surface area contributed by atoms with Crippen LogP contribution in [-0.2, 0) is 4.79 Å². The average Bonchev–Trinajstić information content (AvgIpc) is 2.86. The van der Waals surface area contributed by atoms with Crippen molar-refractivity contribution in [1.82, 2.24) is 0 Å². The fraction of sp³-hybridized carbons (Fsp3) is 0.375. The summed E-state index contributed by atoms with van der Waals surface area (Å²) in [5.41, 5.74) is -12.7. The van der Waals surface area contributed by atoms with Crippen molar-refractivity contribution in [1.29, 1.82) is 0 Å². The number of carbonyl (C=O) groups excluding carboxylic acids is 2. The number of carbonyl (C=O) groups is 2. The molecule has 2 aliphatic carbocycles. The van der Waals surface area contributed by atoms with Gasteiger partial charge >= 0.3 is 29.9 Å². The first kappa shape index (κ1) is 23.8. The molecule has 0 spiro atoms. The number of allylic oxidation sites excluding steroid dienone is 1. The molecule has 1 fully saturated rings. The monoisotopic (exact) mass is 490 g/mol. The molecule has 1 aromatic rings. The molecular weight excluding hydrogens is 487 g/mol. The maximum atomic E-state index is 14.2. The fourth-order valence-corrected chi connectivity index (χ4v) is 3.54. The first-order valence-electron chi connectivity index (χ1n) is 7.74. The van der Waals surface area contributed by atoms with Crippen LogP contribution in [-0.4, -0.2) is 46.5 Å². The summed E-state index contributed by atoms with van der Waals surface area (Å²) in [5.74, 6) is -42.6. The van der Waals surface area contributed by atoms with Gasteiger partial charge in [0.15, 0.2) is 17.4 Å². The molecule has 0 saturated heterocycles. The minimum Gasteiger partial charge on any atom is -0.506 e. The van der Waals surface area contributed by atoms with Crippen molar-refractivity contribution in [3.05, 3.63) is 40.5 Å². The van der Waals surface area contributed by atoms with E-state index >= 15 is 0 Å². The Hall–Kier alpha value is -2.81. The number of hydrogen-bond acceptors (Lipinski definition) is 3. The third-order valence-electron chi connectivity index (χ3n) is 5.14. The lowest BCUT2D eigenvalue weighted by molar-refractivity contribution is -0.341. The molecule has 0 heterocycles. The second kappa shape index (κ2) is 5.95. The minimum absolute atomic E-state index is 0.160. The first-order valence-corrected chi connectivity index (χ1v) is 7.74. The van der Waals surface area contributed by atoms with Crippen LogP contribution in [0.15, 0.2) is 17.7 Å². The molecule has 0 amide bonds. The Labute approximate surface area is 166 Å². The highest BCUT2D eigenvalue weighted by Crippen LogP contribution is 2.76. The highest BCUT2D eigenvalue weighted by Gasteiger charge is 3.06. The second-order valence-corrected chi connectivity index (χ2v) is 6.74. The summed E-state index contributed by atoms with van der Waals surface area (Å²) in [5, 5.41) is 9.76. The third-order valence-corrected chi connectivity index (χ3v) is 5.14. The lowest BCUT2D eigenvalue weighted by Crippen LogP contribution is -2.65. The molecule has 1 aromatic carbocycles. The summed E-state index contributed by atoms with van der Waals surface area (Å²) in [7, 11) is 0. The van der Waals surface area contributed by atoms with E-state index in [4.69, 9.17) is 0 Å². The molecule has 176 valence electrons. The van der Waals surface area contributed by atoms with Crippen LogP contribution in [0.2, 0.25) is 0 Å². The van der Waals surface area contributed by atoms with Gasteiger partial charge in [0, 0.05) is 11.1 Å². The van der Waals surface area contributed by atoms with Gasteiger partial charge in [-0.2, -0.15) is 48.3 Å². The van der Waals surface area contributed by atoms with Crippen molar-refractivity contribution >= 4 is 17.3 Å². The van der Waals surface area contributed by atoms with Crippen LogP contribution < -0.4 is 0 Å². The zero-order chi connectivity index (χ0) is 25.0. The molecule has 0 unspecified atom stereocenters. The van der Waals surface area contributed by atoms with Gasteiger partial charge in [-0.25, -0.2) is 8.78 Å². The largest absolute Gasteiger partial charge is 0.506 e. The van der Waals surface area contributed by atoms with E-state index in [1.54, 1.807) is 0 Å². The molecule has 0 radical (unpaired) electrons. The second-order valence-electron chi connectivity index (χ2n) is 6.74. The van der Waals surface area contributed by atoms with E-state index < -0.39 is 80.9 Å². The van der Waals surface area contributed by atoms with Crippen LogP contribution in [0.1, 0.15) is 15.9 Å².